The molecule has 0 radical (unpaired) electrons. The standard InChI is InChI=1S/C20H19N5O/c1-25-18-10-13(5-6-15(18)11-22-25)19-23-20(26-24-19)14-7-8-16-12(9-14)3-2-4-17(16)21/h5-11,17H,2-4,21H2,1H3. The topological polar surface area (TPSA) is 82.8 Å². The lowest BCUT2D eigenvalue weighted by Gasteiger charge is -2.22. The van der Waals surface area contributed by atoms with Gasteiger partial charge in [-0.15, -0.1) is 0 Å². The van der Waals surface area contributed by atoms with Crippen molar-refractivity contribution >= 4 is 10.9 Å². The molecule has 2 aromatic heterocycles. The first-order valence-corrected chi connectivity index (χ1v) is 8.84. The number of nitrogens with two attached hydrogens (primary N) is 1. The Kier molecular flexibility index (Phi) is 3.39. The smallest absolute Gasteiger partial charge is 0.258 e. The van der Waals surface area contributed by atoms with Gasteiger partial charge in [0.15, 0.2) is 0 Å². The highest BCUT2D eigenvalue weighted by Crippen LogP contribution is 2.32. The normalized spacial score (nSPS) is 16.8. The molecule has 0 saturated heterocycles. The molecule has 2 aromatic carbocycles. The largest absolute Gasteiger partial charge is 0.334 e. The van der Waals surface area contributed by atoms with Crippen LogP contribution in [0.1, 0.15) is 30.0 Å². The Morgan fingerprint density at radius 1 is 1.15 bits per heavy atom. The molecule has 1 unspecified atom stereocenters. The van der Waals surface area contributed by atoms with Gasteiger partial charge in [0.2, 0.25) is 5.82 Å². The molecule has 1 aliphatic rings. The lowest BCUT2D eigenvalue weighted by Crippen LogP contribution is -2.17. The van der Waals surface area contributed by atoms with Crippen LogP contribution in [-0.2, 0) is 13.5 Å². The third kappa shape index (κ3) is 2.42. The summed E-state index contributed by atoms with van der Waals surface area (Å²) >= 11 is 0. The minimum absolute atomic E-state index is 0.136. The van der Waals surface area contributed by atoms with E-state index in [9.17, 15) is 0 Å². The summed E-state index contributed by atoms with van der Waals surface area (Å²) in [6.45, 7) is 0. The highest BCUT2D eigenvalue weighted by atomic mass is 16.5. The number of nitrogens with zero attached hydrogens (tertiary/aromatic N) is 4. The van der Waals surface area contributed by atoms with Crippen molar-refractivity contribution in [3.8, 4) is 22.8 Å². The molecule has 1 atom stereocenters. The fourth-order valence-corrected chi connectivity index (χ4v) is 3.73. The van der Waals surface area contributed by atoms with E-state index in [2.05, 4.69) is 27.4 Å². The van der Waals surface area contributed by atoms with E-state index >= 15 is 0 Å². The number of fused-ring (bicyclic) bond motifs is 2. The molecule has 0 aliphatic heterocycles. The molecule has 1 aliphatic carbocycles. The summed E-state index contributed by atoms with van der Waals surface area (Å²) in [4.78, 5) is 4.60. The fourth-order valence-electron chi connectivity index (χ4n) is 3.73. The molecular formula is C20H19N5O. The Morgan fingerprint density at radius 2 is 2.04 bits per heavy atom. The molecule has 6 nitrogen and oxygen atoms in total. The molecule has 0 bridgehead atoms. The first-order valence-electron chi connectivity index (χ1n) is 8.84. The molecule has 2 heterocycles. The third-order valence-electron chi connectivity index (χ3n) is 5.18. The molecule has 0 spiro atoms. The quantitative estimate of drug-likeness (QED) is 0.600. The first kappa shape index (κ1) is 15.3. The van der Waals surface area contributed by atoms with E-state index in [-0.39, 0.29) is 6.04 Å². The second-order valence-electron chi connectivity index (χ2n) is 6.88. The molecule has 2 N–H and O–H groups in total. The second-order valence-corrected chi connectivity index (χ2v) is 6.88. The van der Waals surface area contributed by atoms with E-state index in [1.807, 2.05) is 42.2 Å². The van der Waals surface area contributed by atoms with Gasteiger partial charge in [0.25, 0.3) is 5.89 Å². The van der Waals surface area contributed by atoms with Crippen LogP contribution in [0.15, 0.2) is 47.1 Å². The molecule has 4 aromatic rings. The minimum Gasteiger partial charge on any atom is -0.334 e. The second kappa shape index (κ2) is 5.78. The lowest BCUT2D eigenvalue weighted by atomic mass is 9.87. The van der Waals surface area contributed by atoms with E-state index in [1.165, 1.54) is 11.1 Å². The van der Waals surface area contributed by atoms with Gasteiger partial charge in [-0.05, 0) is 48.6 Å². The third-order valence-corrected chi connectivity index (χ3v) is 5.18. The van der Waals surface area contributed by atoms with E-state index in [0.717, 1.165) is 41.3 Å². The van der Waals surface area contributed by atoms with Crippen molar-refractivity contribution in [3.63, 3.8) is 0 Å². The first-order chi connectivity index (χ1) is 12.7. The summed E-state index contributed by atoms with van der Waals surface area (Å²) in [6.07, 6.45) is 5.07. The van der Waals surface area contributed by atoms with Crippen molar-refractivity contribution in [2.24, 2.45) is 12.8 Å². The fraction of sp³-hybridized carbons (Fsp3) is 0.250. The van der Waals surface area contributed by atoms with Crippen LogP contribution in [-0.4, -0.2) is 19.9 Å². The predicted molar refractivity (Wildman–Crippen MR) is 99.3 cm³/mol. The van der Waals surface area contributed by atoms with Crippen molar-refractivity contribution in [2.75, 3.05) is 0 Å². The summed E-state index contributed by atoms with van der Waals surface area (Å²) in [5.41, 5.74) is 11.6. The number of hydrogen-bond acceptors (Lipinski definition) is 5. The number of rotatable bonds is 2. The maximum atomic E-state index is 6.21. The van der Waals surface area contributed by atoms with E-state index in [1.54, 1.807) is 0 Å². The van der Waals surface area contributed by atoms with Gasteiger partial charge < -0.3 is 10.3 Å². The van der Waals surface area contributed by atoms with Crippen molar-refractivity contribution in [1.29, 1.82) is 0 Å². The molecule has 0 amide bonds. The number of aryl methyl sites for hydroxylation is 2. The Labute approximate surface area is 150 Å². The van der Waals surface area contributed by atoms with Gasteiger partial charge in [-0.25, -0.2) is 0 Å². The Morgan fingerprint density at radius 3 is 2.96 bits per heavy atom. The van der Waals surface area contributed by atoms with Gasteiger partial charge in [-0.1, -0.05) is 23.4 Å². The van der Waals surface area contributed by atoms with Gasteiger partial charge >= 0.3 is 0 Å². The summed E-state index contributed by atoms with van der Waals surface area (Å²) in [6, 6.07) is 12.4. The summed E-state index contributed by atoms with van der Waals surface area (Å²) < 4.78 is 7.37. The van der Waals surface area contributed by atoms with Crippen molar-refractivity contribution in [2.45, 2.75) is 25.3 Å². The number of benzene rings is 2. The molecular weight excluding hydrogens is 326 g/mol. The molecule has 5 rings (SSSR count). The van der Waals surface area contributed by atoms with Gasteiger partial charge in [0.05, 0.1) is 11.7 Å². The van der Waals surface area contributed by atoms with E-state index in [0.29, 0.717) is 11.7 Å². The highest BCUT2D eigenvalue weighted by molar-refractivity contribution is 5.83. The van der Waals surface area contributed by atoms with Crippen molar-refractivity contribution < 1.29 is 4.52 Å². The van der Waals surface area contributed by atoms with Crippen LogP contribution in [0.5, 0.6) is 0 Å². The van der Waals surface area contributed by atoms with Crippen LogP contribution in [0.4, 0.5) is 0 Å². The SMILES string of the molecule is Cn1ncc2ccc(-c3noc(-c4ccc5c(c4)CCCC5N)n3)cc21. The predicted octanol–water partition coefficient (Wildman–Crippen LogP) is 3.63. The van der Waals surface area contributed by atoms with Gasteiger partial charge in [-0.2, -0.15) is 10.1 Å². The Bertz CT molecular complexity index is 1110. The summed E-state index contributed by atoms with van der Waals surface area (Å²) in [5, 5.41) is 9.53. The monoisotopic (exact) mass is 345 g/mol. The van der Waals surface area contributed by atoms with Crippen LogP contribution < -0.4 is 5.73 Å². The van der Waals surface area contributed by atoms with Crippen LogP contribution in [0.2, 0.25) is 0 Å². The minimum atomic E-state index is 0.136. The van der Waals surface area contributed by atoms with Crippen molar-refractivity contribution in [3.05, 3.63) is 53.7 Å². The molecule has 130 valence electrons. The van der Waals surface area contributed by atoms with Gasteiger partial charge in [0.1, 0.15) is 0 Å². The lowest BCUT2D eigenvalue weighted by molar-refractivity contribution is 0.432. The maximum absolute atomic E-state index is 6.21. The summed E-state index contributed by atoms with van der Waals surface area (Å²) in [7, 11) is 1.92. The molecule has 0 fully saturated rings. The molecule has 0 saturated carbocycles. The van der Waals surface area contributed by atoms with Crippen LogP contribution in [0.25, 0.3) is 33.7 Å². The van der Waals surface area contributed by atoms with Crippen LogP contribution >= 0.6 is 0 Å². The Hall–Kier alpha value is -2.99. The Balaban J connectivity index is 1.52. The average Bonchev–Trinajstić information content (AvgIpc) is 3.29. The average molecular weight is 345 g/mol. The molecule has 26 heavy (non-hydrogen) atoms. The van der Waals surface area contributed by atoms with Crippen LogP contribution in [0.3, 0.4) is 0 Å². The number of hydrogen-bond donors (Lipinski definition) is 1. The van der Waals surface area contributed by atoms with Gasteiger partial charge in [0, 0.05) is 29.6 Å². The zero-order valence-electron chi connectivity index (χ0n) is 14.5. The zero-order valence-corrected chi connectivity index (χ0v) is 14.5. The van der Waals surface area contributed by atoms with Crippen LogP contribution in [0, 0.1) is 0 Å². The highest BCUT2D eigenvalue weighted by Gasteiger charge is 2.19. The molecule has 6 heteroatoms. The summed E-state index contributed by atoms with van der Waals surface area (Å²) in [5.74, 6) is 1.12. The van der Waals surface area contributed by atoms with Crippen molar-refractivity contribution in [1.82, 2.24) is 19.9 Å². The zero-order chi connectivity index (χ0) is 17.7. The van der Waals surface area contributed by atoms with Gasteiger partial charge in [-0.3, -0.25) is 4.68 Å². The number of aromatic nitrogens is 4. The van der Waals surface area contributed by atoms with E-state index < -0.39 is 0 Å². The maximum Gasteiger partial charge on any atom is 0.258 e. The van der Waals surface area contributed by atoms with E-state index in [4.69, 9.17) is 10.3 Å².